The number of fused-ring (bicyclic) bond motifs is 1. The van der Waals surface area contributed by atoms with Crippen molar-refractivity contribution in [1.82, 2.24) is 9.78 Å². The molecule has 1 aromatic heterocycles. The van der Waals surface area contributed by atoms with Gasteiger partial charge in [0.25, 0.3) is 0 Å². The van der Waals surface area contributed by atoms with Crippen molar-refractivity contribution in [2.24, 2.45) is 0 Å². The number of nitrogens with zero attached hydrogens (tertiary/aromatic N) is 2. The highest BCUT2D eigenvalue weighted by Gasteiger charge is 2.24. The Balaban J connectivity index is 1.96. The lowest BCUT2D eigenvalue weighted by Crippen LogP contribution is -2.08. The van der Waals surface area contributed by atoms with Gasteiger partial charge >= 0.3 is 0 Å². The molecule has 5 heteroatoms. The van der Waals surface area contributed by atoms with Crippen molar-refractivity contribution < 1.29 is 9.13 Å². The summed E-state index contributed by atoms with van der Waals surface area (Å²) in [4.78, 5) is 0. The zero-order valence-corrected chi connectivity index (χ0v) is 14.1. The minimum absolute atomic E-state index is 0.251. The predicted molar refractivity (Wildman–Crippen MR) is 96.9 cm³/mol. The molecule has 2 aromatic carbocycles. The van der Waals surface area contributed by atoms with Gasteiger partial charge in [0, 0.05) is 17.7 Å². The summed E-state index contributed by atoms with van der Waals surface area (Å²) in [5, 5.41) is 8.25. The van der Waals surface area contributed by atoms with E-state index in [1.807, 2.05) is 35.0 Å². The zero-order valence-electron chi connectivity index (χ0n) is 14.1. The molecule has 1 N–H and O–H groups in total. The second kappa shape index (κ2) is 6.59. The molecule has 3 aromatic rings. The van der Waals surface area contributed by atoms with Crippen LogP contribution in [0, 0.1) is 5.82 Å². The van der Waals surface area contributed by atoms with Crippen LogP contribution in [0.4, 0.5) is 10.2 Å². The Morgan fingerprint density at radius 1 is 1.08 bits per heavy atom. The molecule has 0 radical (unpaired) electrons. The van der Waals surface area contributed by atoms with Gasteiger partial charge in [0.1, 0.15) is 28.8 Å². The molecule has 128 valence electrons. The van der Waals surface area contributed by atoms with E-state index in [0.717, 1.165) is 48.6 Å². The molecule has 0 saturated carbocycles. The lowest BCUT2D eigenvalue weighted by atomic mass is 10.0. The molecular weight excluding hydrogens is 317 g/mol. The maximum absolute atomic E-state index is 14.4. The fourth-order valence-electron chi connectivity index (χ4n) is 3.35. The Morgan fingerprint density at radius 2 is 1.88 bits per heavy atom. The Bertz CT molecular complexity index is 904. The summed E-state index contributed by atoms with van der Waals surface area (Å²) in [6, 6.07) is 14.6. The monoisotopic (exact) mass is 337 g/mol. The van der Waals surface area contributed by atoms with Crippen LogP contribution < -0.4 is 10.1 Å². The molecule has 0 saturated heterocycles. The number of anilines is 1. The van der Waals surface area contributed by atoms with Gasteiger partial charge in [-0.25, -0.2) is 9.07 Å². The van der Waals surface area contributed by atoms with Crippen LogP contribution in [-0.2, 0) is 6.42 Å². The number of rotatable bonds is 3. The van der Waals surface area contributed by atoms with Crippen LogP contribution in [0.15, 0.2) is 48.5 Å². The summed E-state index contributed by atoms with van der Waals surface area (Å²) < 4.78 is 21.8. The molecule has 25 heavy (non-hydrogen) atoms. The molecule has 4 nitrogen and oxygen atoms in total. The highest BCUT2D eigenvalue weighted by molar-refractivity contribution is 5.72. The molecule has 0 bridgehead atoms. The third kappa shape index (κ3) is 2.76. The summed E-state index contributed by atoms with van der Waals surface area (Å²) in [5.74, 6) is 1.42. The Labute approximate surface area is 146 Å². The van der Waals surface area contributed by atoms with E-state index in [4.69, 9.17) is 9.84 Å². The average molecular weight is 337 g/mol. The molecule has 0 amide bonds. The van der Waals surface area contributed by atoms with E-state index < -0.39 is 0 Å². The minimum atomic E-state index is -0.251. The second-order valence-corrected chi connectivity index (χ2v) is 6.12. The van der Waals surface area contributed by atoms with Crippen molar-refractivity contribution in [3.63, 3.8) is 0 Å². The Hall–Kier alpha value is -2.82. The van der Waals surface area contributed by atoms with Crippen molar-refractivity contribution in [1.29, 1.82) is 0 Å². The summed E-state index contributed by atoms with van der Waals surface area (Å²) in [6.07, 6.45) is 3.01. The summed E-state index contributed by atoms with van der Waals surface area (Å²) >= 11 is 0. The third-order valence-corrected chi connectivity index (χ3v) is 4.57. The van der Waals surface area contributed by atoms with Crippen molar-refractivity contribution in [3.8, 4) is 22.7 Å². The topological polar surface area (TPSA) is 39.1 Å². The van der Waals surface area contributed by atoms with Gasteiger partial charge < -0.3 is 10.1 Å². The maximum Gasteiger partial charge on any atom is 0.144 e. The van der Waals surface area contributed by atoms with Gasteiger partial charge in [-0.05, 0) is 43.5 Å². The summed E-state index contributed by atoms with van der Waals surface area (Å²) in [6.45, 7) is 0.880. The molecule has 1 aliphatic heterocycles. The van der Waals surface area contributed by atoms with Gasteiger partial charge in [0.05, 0.1) is 7.11 Å². The number of halogens is 1. The van der Waals surface area contributed by atoms with Crippen molar-refractivity contribution >= 4 is 5.82 Å². The molecule has 0 spiro atoms. The van der Waals surface area contributed by atoms with E-state index in [-0.39, 0.29) is 5.82 Å². The van der Waals surface area contributed by atoms with Crippen molar-refractivity contribution in [3.05, 3.63) is 59.9 Å². The Kier molecular flexibility index (Phi) is 4.14. The number of hydrogen-bond acceptors (Lipinski definition) is 3. The molecule has 0 unspecified atom stereocenters. The number of para-hydroxylation sites is 2. The lowest BCUT2D eigenvalue weighted by Gasteiger charge is -2.12. The molecule has 4 rings (SSSR count). The quantitative estimate of drug-likeness (QED) is 0.768. The third-order valence-electron chi connectivity index (χ3n) is 4.57. The SMILES string of the molecule is COc1ccccc1-n1nc(-c2ccccc2F)c2c1NCCCC2. The fourth-order valence-corrected chi connectivity index (χ4v) is 3.35. The molecule has 0 fully saturated rings. The van der Waals surface area contributed by atoms with E-state index in [2.05, 4.69) is 5.32 Å². The van der Waals surface area contributed by atoms with Gasteiger partial charge in [0.15, 0.2) is 0 Å². The molecule has 0 atom stereocenters. The number of methoxy groups -OCH3 is 1. The molecule has 0 aliphatic carbocycles. The zero-order chi connectivity index (χ0) is 17.2. The van der Waals surface area contributed by atoms with Crippen LogP contribution >= 0.6 is 0 Å². The minimum Gasteiger partial charge on any atom is -0.494 e. The van der Waals surface area contributed by atoms with Crippen molar-refractivity contribution in [2.45, 2.75) is 19.3 Å². The first-order valence-corrected chi connectivity index (χ1v) is 8.53. The van der Waals surface area contributed by atoms with Gasteiger partial charge in [-0.1, -0.05) is 24.3 Å². The predicted octanol–water partition coefficient (Wildman–Crippen LogP) is 4.44. The first kappa shape index (κ1) is 15.7. The molecular formula is C20H20FN3O. The van der Waals surface area contributed by atoms with Crippen LogP contribution in [0.5, 0.6) is 5.75 Å². The molecule has 1 aliphatic rings. The van der Waals surface area contributed by atoms with Crippen LogP contribution in [0.25, 0.3) is 16.9 Å². The first-order chi connectivity index (χ1) is 12.3. The highest BCUT2D eigenvalue weighted by atomic mass is 19.1. The van der Waals surface area contributed by atoms with E-state index in [0.29, 0.717) is 11.3 Å². The normalized spacial score (nSPS) is 13.7. The fraction of sp³-hybridized carbons (Fsp3) is 0.250. The number of aromatic nitrogens is 2. The number of nitrogens with one attached hydrogen (secondary N) is 1. The maximum atomic E-state index is 14.4. The van der Waals surface area contributed by atoms with Crippen LogP contribution in [0.1, 0.15) is 18.4 Å². The molecule has 2 heterocycles. The van der Waals surface area contributed by atoms with Gasteiger partial charge in [-0.2, -0.15) is 5.10 Å². The lowest BCUT2D eigenvalue weighted by molar-refractivity contribution is 0.412. The number of benzene rings is 2. The Morgan fingerprint density at radius 3 is 2.72 bits per heavy atom. The largest absolute Gasteiger partial charge is 0.494 e. The van der Waals surface area contributed by atoms with Gasteiger partial charge in [0.2, 0.25) is 0 Å². The van der Waals surface area contributed by atoms with Crippen molar-refractivity contribution in [2.75, 3.05) is 19.0 Å². The number of hydrogen-bond donors (Lipinski definition) is 1. The van der Waals surface area contributed by atoms with E-state index in [9.17, 15) is 4.39 Å². The smallest absolute Gasteiger partial charge is 0.144 e. The summed E-state index contributed by atoms with van der Waals surface area (Å²) in [5.41, 5.74) is 3.15. The highest BCUT2D eigenvalue weighted by Crippen LogP contribution is 2.36. The van der Waals surface area contributed by atoms with Crippen LogP contribution in [-0.4, -0.2) is 23.4 Å². The standard InChI is InChI=1S/C20H20FN3O/c1-25-18-12-5-4-11-17(18)24-20-15(9-6-7-13-22-20)19(23-24)14-8-2-3-10-16(14)21/h2-5,8,10-12,22H,6-7,9,13H2,1H3. The van der Waals surface area contributed by atoms with Gasteiger partial charge in [-0.15, -0.1) is 0 Å². The summed E-state index contributed by atoms with van der Waals surface area (Å²) in [7, 11) is 1.65. The first-order valence-electron chi connectivity index (χ1n) is 8.53. The second-order valence-electron chi connectivity index (χ2n) is 6.12. The average Bonchev–Trinajstić information content (AvgIpc) is 2.83. The number of ether oxygens (including phenoxy) is 1. The van der Waals surface area contributed by atoms with Gasteiger partial charge in [-0.3, -0.25) is 0 Å². The van der Waals surface area contributed by atoms with E-state index >= 15 is 0 Å². The van der Waals surface area contributed by atoms with Crippen LogP contribution in [0.3, 0.4) is 0 Å². The van der Waals surface area contributed by atoms with Crippen LogP contribution in [0.2, 0.25) is 0 Å². The van der Waals surface area contributed by atoms with E-state index in [1.54, 1.807) is 19.2 Å². The van der Waals surface area contributed by atoms with E-state index in [1.165, 1.54) is 6.07 Å².